The maximum absolute atomic E-state index is 11.2. The second-order valence-electron chi connectivity index (χ2n) is 18.4. The van der Waals surface area contributed by atoms with Crippen molar-refractivity contribution in [1.82, 2.24) is 0 Å². The molecule has 42 heavy (non-hydrogen) atoms. The summed E-state index contributed by atoms with van der Waals surface area (Å²) in [5, 5.41) is 11.2. The molecule has 1 saturated heterocycles. The molecular formula is C39H64O3. The van der Waals surface area contributed by atoms with E-state index < -0.39 is 0 Å². The first-order chi connectivity index (χ1) is 19.9. The number of ether oxygens (including phenoxy) is 2. The number of aliphatic hydroxyl groups excluding tert-OH is 1. The largest absolute Gasteiger partial charge is 0.393 e. The molecule has 3 heteroatoms. The van der Waals surface area contributed by atoms with Crippen molar-refractivity contribution in [1.29, 1.82) is 0 Å². The maximum atomic E-state index is 11.2. The molecule has 6 aliphatic carbocycles. The summed E-state index contributed by atoms with van der Waals surface area (Å²) in [6.45, 7) is 22.0. The third-order valence-corrected chi connectivity index (χ3v) is 17.0. The van der Waals surface area contributed by atoms with E-state index in [-0.39, 0.29) is 23.2 Å². The van der Waals surface area contributed by atoms with Crippen LogP contribution in [0, 0.1) is 62.1 Å². The van der Waals surface area contributed by atoms with Crippen molar-refractivity contribution >= 4 is 0 Å². The highest BCUT2D eigenvalue weighted by atomic mass is 16.7. The second kappa shape index (κ2) is 10.1. The van der Waals surface area contributed by atoms with Crippen molar-refractivity contribution in [3.63, 3.8) is 0 Å². The standard InChI is InChI=1S/C39H64O3/c1-26(2)28-14-20-38(25-42-32-13-8-9-24-41-32)23-22-37(7)36(6)19-15-29-34(3,4)31(40)17-18-35(29,5)30(36)16-21-39(37,33(28)38)27-11-10-12-27/h27-33,40H,1,8-25H2,2-7H3/t28-,29?,30?,31-,32?,33-,35-,36+,37-,38?,39-/m0/s1. The van der Waals surface area contributed by atoms with Gasteiger partial charge >= 0.3 is 0 Å². The molecule has 0 spiro atoms. The normalized spacial score (nSPS) is 53.7. The zero-order valence-electron chi connectivity index (χ0n) is 28.2. The summed E-state index contributed by atoms with van der Waals surface area (Å²) in [6, 6.07) is 0. The summed E-state index contributed by atoms with van der Waals surface area (Å²) in [6.07, 6.45) is 20.7. The molecule has 7 fully saturated rings. The molecule has 0 aromatic rings. The minimum Gasteiger partial charge on any atom is -0.393 e. The van der Waals surface area contributed by atoms with Crippen molar-refractivity contribution < 1.29 is 14.6 Å². The lowest BCUT2D eigenvalue weighted by molar-refractivity contribution is -0.309. The Bertz CT molecular complexity index is 1060. The van der Waals surface area contributed by atoms with E-state index in [2.05, 4.69) is 41.5 Å². The number of fused-ring (bicyclic) bond motifs is 7. The summed E-state index contributed by atoms with van der Waals surface area (Å²) < 4.78 is 13.0. The van der Waals surface area contributed by atoms with E-state index >= 15 is 0 Å². The van der Waals surface area contributed by atoms with Crippen molar-refractivity contribution in [2.75, 3.05) is 13.2 Å². The average molecular weight is 581 g/mol. The van der Waals surface area contributed by atoms with E-state index in [0.717, 1.165) is 37.9 Å². The molecule has 0 aromatic carbocycles. The molecule has 1 aliphatic heterocycles. The molecule has 238 valence electrons. The van der Waals surface area contributed by atoms with Gasteiger partial charge in [0.25, 0.3) is 0 Å². The van der Waals surface area contributed by atoms with Gasteiger partial charge in [0.2, 0.25) is 0 Å². The number of hydrogen-bond donors (Lipinski definition) is 1. The van der Waals surface area contributed by atoms with E-state index in [1.165, 1.54) is 95.5 Å². The van der Waals surface area contributed by atoms with E-state index in [0.29, 0.717) is 39.4 Å². The Labute approximate surface area is 258 Å². The zero-order valence-corrected chi connectivity index (χ0v) is 28.2. The highest BCUT2D eigenvalue weighted by molar-refractivity contribution is 5.27. The Balaban J connectivity index is 1.30. The van der Waals surface area contributed by atoms with Crippen LogP contribution in [0.4, 0.5) is 0 Å². The summed E-state index contributed by atoms with van der Waals surface area (Å²) >= 11 is 0. The van der Waals surface area contributed by atoms with Gasteiger partial charge in [0.1, 0.15) is 0 Å². The second-order valence-corrected chi connectivity index (χ2v) is 18.4. The van der Waals surface area contributed by atoms with Gasteiger partial charge in [-0.2, -0.15) is 0 Å². The molecule has 3 nitrogen and oxygen atoms in total. The fourth-order valence-corrected chi connectivity index (χ4v) is 14.6. The number of aliphatic hydroxyl groups is 1. The first kappa shape index (κ1) is 30.3. The Morgan fingerprint density at radius 1 is 0.810 bits per heavy atom. The van der Waals surface area contributed by atoms with Crippen LogP contribution in [0.15, 0.2) is 12.2 Å². The van der Waals surface area contributed by atoms with Gasteiger partial charge in [-0.15, -0.1) is 0 Å². The monoisotopic (exact) mass is 580 g/mol. The van der Waals surface area contributed by atoms with E-state index in [4.69, 9.17) is 16.1 Å². The highest BCUT2D eigenvalue weighted by Gasteiger charge is 2.77. The first-order valence-corrected chi connectivity index (χ1v) is 18.4. The van der Waals surface area contributed by atoms with Gasteiger partial charge in [0, 0.05) is 6.61 Å². The van der Waals surface area contributed by atoms with Crippen LogP contribution in [0.2, 0.25) is 0 Å². The van der Waals surface area contributed by atoms with Crippen LogP contribution in [0.25, 0.3) is 0 Å². The molecule has 6 saturated carbocycles. The van der Waals surface area contributed by atoms with Crippen LogP contribution < -0.4 is 0 Å². The van der Waals surface area contributed by atoms with Gasteiger partial charge in [0.05, 0.1) is 12.7 Å². The van der Waals surface area contributed by atoms with Crippen molar-refractivity contribution in [3.8, 4) is 0 Å². The van der Waals surface area contributed by atoms with E-state index in [1.54, 1.807) is 0 Å². The van der Waals surface area contributed by atoms with Crippen LogP contribution in [-0.4, -0.2) is 30.7 Å². The molecular weight excluding hydrogens is 516 g/mol. The predicted molar refractivity (Wildman–Crippen MR) is 171 cm³/mol. The highest BCUT2D eigenvalue weighted by Crippen LogP contribution is 2.83. The van der Waals surface area contributed by atoms with E-state index in [1.807, 2.05) is 0 Å². The molecule has 0 aromatic heterocycles. The smallest absolute Gasteiger partial charge is 0.157 e. The van der Waals surface area contributed by atoms with Crippen LogP contribution >= 0.6 is 0 Å². The molecule has 7 rings (SSSR count). The van der Waals surface area contributed by atoms with Gasteiger partial charge in [-0.1, -0.05) is 53.2 Å². The molecule has 1 N–H and O–H groups in total. The van der Waals surface area contributed by atoms with Crippen molar-refractivity contribution in [2.45, 2.75) is 157 Å². The van der Waals surface area contributed by atoms with Crippen molar-refractivity contribution in [2.24, 2.45) is 62.1 Å². The fourth-order valence-electron chi connectivity index (χ4n) is 14.6. The fraction of sp³-hybridized carbons (Fsp3) is 0.949. The minimum atomic E-state index is -0.147. The lowest BCUT2D eigenvalue weighted by Gasteiger charge is -2.78. The van der Waals surface area contributed by atoms with Crippen molar-refractivity contribution in [3.05, 3.63) is 12.2 Å². The Morgan fingerprint density at radius 3 is 2.24 bits per heavy atom. The Kier molecular flexibility index (Phi) is 7.25. The maximum Gasteiger partial charge on any atom is 0.157 e. The minimum absolute atomic E-state index is 0.0131. The zero-order chi connectivity index (χ0) is 29.8. The summed E-state index contributed by atoms with van der Waals surface area (Å²) in [5.41, 5.74) is 3.17. The summed E-state index contributed by atoms with van der Waals surface area (Å²) in [5.74, 6) is 3.59. The van der Waals surface area contributed by atoms with Crippen LogP contribution in [0.5, 0.6) is 0 Å². The first-order valence-electron chi connectivity index (χ1n) is 18.4. The summed E-state index contributed by atoms with van der Waals surface area (Å²) in [7, 11) is 0. The van der Waals surface area contributed by atoms with Crippen LogP contribution in [-0.2, 0) is 9.47 Å². The predicted octanol–water partition coefficient (Wildman–Crippen LogP) is 9.72. The Hall–Kier alpha value is -0.380. The quantitative estimate of drug-likeness (QED) is 0.329. The topological polar surface area (TPSA) is 38.7 Å². The molecule has 7 aliphatic rings. The van der Waals surface area contributed by atoms with Crippen LogP contribution in [0.1, 0.15) is 144 Å². The van der Waals surface area contributed by atoms with Gasteiger partial charge < -0.3 is 14.6 Å². The molecule has 0 radical (unpaired) electrons. The molecule has 4 unspecified atom stereocenters. The summed E-state index contributed by atoms with van der Waals surface area (Å²) in [4.78, 5) is 0. The lowest BCUT2D eigenvalue weighted by atomic mass is 9.26. The van der Waals surface area contributed by atoms with Gasteiger partial charge in [-0.05, 0) is 165 Å². The third kappa shape index (κ3) is 3.81. The van der Waals surface area contributed by atoms with Gasteiger partial charge in [-0.3, -0.25) is 0 Å². The number of hydrogen-bond acceptors (Lipinski definition) is 3. The molecule has 0 bridgehead atoms. The number of rotatable bonds is 5. The lowest BCUT2D eigenvalue weighted by Crippen LogP contribution is -2.72. The molecule has 11 atom stereocenters. The Morgan fingerprint density at radius 2 is 1.57 bits per heavy atom. The van der Waals surface area contributed by atoms with Crippen LogP contribution in [0.3, 0.4) is 0 Å². The molecule has 0 amide bonds. The third-order valence-electron chi connectivity index (χ3n) is 17.0. The van der Waals surface area contributed by atoms with E-state index in [9.17, 15) is 5.11 Å². The average Bonchev–Trinajstić information content (AvgIpc) is 3.32. The molecule has 1 heterocycles. The van der Waals surface area contributed by atoms with Gasteiger partial charge in [0.15, 0.2) is 6.29 Å². The number of allylic oxidation sites excluding steroid dienone is 1. The SMILES string of the molecule is C=C(C)[C@@H]1CCC2(COC3CCCCO3)CC[C@]3(C)[C@](C4CCC4)(CCC4[C@@]5(C)CC[C@H](O)C(C)(C)C5CC[C@]43C)[C@@H]12. The van der Waals surface area contributed by atoms with Gasteiger partial charge in [-0.25, -0.2) is 0 Å².